The summed E-state index contributed by atoms with van der Waals surface area (Å²) < 4.78 is 5.22. The van der Waals surface area contributed by atoms with E-state index in [1.165, 1.54) is 0 Å². The normalized spacial score (nSPS) is 10.1. The van der Waals surface area contributed by atoms with E-state index >= 15 is 0 Å². The average molecular weight is 215 g/mol. The Balaban J connectivity index is 2.51. The number of nitrogens with zero attached hydrogens (tertiary/aromatic N) is 2. The first-order valence-corrected chi connectivity index (χ1v) is 4.93. The second-order valence-electron chi connectivity index (χ2n) is 3.49. The van der Waals surface area contributed by atoms with Gasteiger partial charge in [-0.3, -0.25) is 4.98 Å². The number of hydrogen-bond donors (Lipinski definition) is 1. The number of aromatic nitrogens is 2. The fourth-order valence-electron chi connectivity index (χ4n) is 1.57. The maximum Gasteiger partial charge on any atom is 0.140 e. The predicted octanol–water partition coefficient (Wildman–Crippen LogP) is 2.04. The van der Waals surface area contributed by atoms with Gasteiger partial charge in [0.05, 0.1) is 13.3 Å². The Morgan fingerprint density at radius 1 is 1.19 bits per heavy atom. The van der Waals surface area contributed by atoms with Crippen LogP contribution in [-0.2, 0) is 0 Å². The third-order valence-corrected chi connectivity index (χ3v) is 2.49. The first kappa shape index (κ1) is 10.4. The summed E-state index contributed by atoms with van der Waals surface area (Å²) in [5.74, 6) is 1.28. The van der Waals surface area contributed by atoms with E-state index in [9.17, 15) is 0 Å². The lowest BCUT2D eigenvalue weighted by Gasteiger charge is -2.09. The fourth-order valence-corrected chi connectivity index (χ4v) is 1.57. The van der Waals surface area contributed by atoms with Crippen LogP contribution in [0.4, 0.5) is 5.82 Å². The molecule has 2 aromatic rings. The third kappa shape index (κ3) is 1.82. The van der Waals surface area contributed by atoms with E-state index in [-0.39, 0.29) is 0 Å². The van der Waals surface area contributed by atoms with E-state index in [0.29, 0.717) is 5.82 Å². The summed E-state index contributed by atoms with van der Waals surface area (Å²) in [6.45, 7) is 1.99. The van der Waals surface area contributed by atoms with Crippen LogP contribution in [0.1, 0.15) is 5.56 Å². The van der Waals surface area contributed by atoms with Gasteiger partial charge in [-0.1, -0.05) is 0 Å². The van der Waals surface area contributed by atoms with E-state index in [1.54, 1.807) is 31.8 Å². The minimum absolute atomic E-state index is 0.511. The van der Waals surface area contributed by atoms with Crippen molar-refractivity contribution in [1.29, 1.82) is 0 Å². The van der Waals surface area contributed by atoms with Crippen molar-refractivity contribution in [3.63, 3.8) is 0 Å². The van der Waals surface area contributed by atoms with Gasteiger partial charge < -0.3 is 10.5 Å². The van der Waals surface area contributed by atoms with Crippen molar-refractivity contribution in [3.8, 4) is 16.9 Å². The molecule has 0 bridgehead atoms. The summed E-state index contributed by atoms with van der Waals surface area (Å²) in [5, 5.41) is 0. The van der Waals surface area contributed by atoms with Gasteiger partial charge in [-0.2, -0.15) is 0 Å². The van der Waals surface area contributed by atoms with E-state index in [4.69, 9.17) is 10.5 Å². The van der Waals surface area contributed by atoms with Gasteiger partial charge in [-0.15, -0.1) is 0 Å². The van der Waals surface area contributed by atoms with Crippen LogP contribution in [0.15, 0.2) is 30.7 Å². The summed E-state index contributed by atoms with van der Waals surface area (Å²) in [6, 6.07) is 3.69. The molecule has 0 aliphatic rings. The SMILES string of the molecule is COc1cncc(-c2ccc(N)nc2)c1C. The highest BCUT2D eigenvalue weighted by atomic mass is 16.5. The van der Waals surface area contributed by atoms with Crippen molar-refractivity contribution in [2.24, 2.45) is 0 Å². The molecule has 2 heterocycles. The topological polar surface area (TPSA) is 61.0 Å². The predicted molar refractivity (Wildman–Crippen MR) is 63.2 cm³/mol. The number of ether oxygens (including phenoxy) is 1. The van der Waals surface area contributed by atoms with Crippen molar-refractivity contribution >= 4 is 5.82 Å². The Morgan fingerprint density at radius 2 is 2.00 bits per heavy atom. The highest BCUT2D eigenvalue weighted by Gasteiger charge is 2.07. The molecule has 0 radical (unpaired) electrons. The van der Waals surface area contributed by atoms with Crippen LogP contribution in [0.3, 0.4) is 0 Å². The first-order chi connectivity index (χ1) is 7.72. The van der Waals surface area contributed by atoms with Crippen LogP contribution in [0, 0.1) is 6.92 Å². The molecule has 4 nitrogen and oxygen atoms in total. The second-order valence-corrected chi connectivity index (χ2v) is 3.49. The summed E-state index contributed by atoms with van der Waals surface area (Å²) in [4.78, 5) is 8.19. The van der Waals surface area contributed by atoms with Gasteiger partial charge in [0, 0.05) is 29.1 Å². The van der Waals surface area contributed by atoms with Gasteiger partial charge >= 0.3 is 0 Å². The van der Waals surface area contributed by atoms with Gasteiger partial charge in [0.1, 0.15) is 11.6 Å². The summed E-state index contributed by atoms with van der Waals surface area (Å²) in [6.07, 6.45) is 5.23. The number of hydrogen-bond acceptors (Lipinski definition) is 4. The molecule has 0 spiro atoms. The minimum Gasteiger partial charge on any atom is -0.495 e. The maximum atomic E-state index is 5.55. The van der Waals surface area contributed by atoms with Gasteiger partial charge in [0.25, 0.3) is 0 Å². The van der Waals surface area contributed by atoms with Gasteiger partial charge in [-0.25, -0.2) is 4.98 Å². The summed E-state index contributed by atoms with van der Waals surface area (Å²) in [7, 11) is 1.63. The molecule has 0 fully saturated rings. The Bertz CT molecular complexity index is 494. The molecule has 16 heavy (non-hydrogen) atoms. The lowest BCUT2D eigenvalue weighted by molar-refractivity contribution is 0.410. The van der Waals surface area contributed by atoms with E-state index < -0.39 is 0 Å². The molecule has 0 saturated carbocycles. The Labute approximate surface area is 94.1 Å². The first-order valence-electron chi connectivity index (χ1n) is 4.93. The van der Waals surface area contributed by atoms with Crippen molar-refractivity contribution < 1.29 is 4.74 Å². The van der Waals surface area contributed by atoms with Crippen LogP contribution >= 0.6 is 0 Å². The van der Waals surface area contributed by atoms with Crippen molar-refractivity contribution in [1.82, 2.24) is 9.97 Å². The van der Waals surface area contributed by atoms with Crippen LogP contribution in [0.5, 0.6) is 5.75 Å². The molecule has 2 aromatic heterocycles. The van der Waals surface area contributed by atoms with Crippen LogP contribution < -0.4 is 10.5 Å². The number of nitrogens with two attached hydrogens (primary N) is 1. The van der Waals surface area contributed by atoms with Gasteiger partial charge in [0.2, 0.25) is 0 Å². The average Bonchev–Trinajstić information content (AvgIpc) is 2.31. The van der Waals surface area contributed by atoms with E-state index in [0.717, 1.165) is 22.4 Å². The maximum absolute atomic E-state index is 5.55. The molecule has 0 amide bonds. The van der Waals surface area contributed by atoms with Crippen LogP contribution in [-0.4, -0.2) is 17.1 Å². The molecule has 0 aliphatic heterocycles. The van der Waals surface area contributed by atoms with E-state index in [1.807, 2.05) is 13.0 Å². The molecular weight excluding hydrogens is 202 g/mol. The van der Waals surface area contributed by atoms with Crippen molar-refractivity contribution in [2.75, 3.05) is 12.8 Å². The van der Waals surface area contributed by atoms with Gasteiger partial charge in [0.15, 0.2) is 0 Å². The lowest BCUT2D eigenvalue weighted by atomic mass is 10.0. The number of rotatable bonds is 2. The number of nitrogen functional groups attached to an aromatic ring is 1. The molecule has 2 rings (SSSR count). The monoisotopic (exact) mass is 215 g/mol. The fraction of sp³-hybridized carbons (Fsp3) is 0.167. The largest absolute Gasteiger partial charge is 0.495 e. The zero-order valence-electron chi connectivity index (χ0n) is 9.27. The molecule has 4 heteroatoms. The molecule has 0 saturated heterocycles. The minimum atomic E-state index is 0.511. The molecular formula is C12H13N3O. The van der Waals surface area contributed by atoms with Crippen LogP contribution in [0.25, 0.3) is 11.1 Å². The molecule has 82 valence electrons. The summed E-state index contributed by atoms with van der Waals surface area (Å²) >= 11 is 0. The quantitative estimate of drug-likeness (QED) is 0.832. The number of pyridine rings is 2. The smallest absolute Gasteiger partial charge is 0.140 e. The molecule has 0 unspecified atom stereocenters. The standard InChI is InChI=1S/C12H13N3O/c1-8-10(6-14-7-11(8)16-2)9-3-4-12(13)15-5-9/h3-7H,1-2H3,(H2,13,15). The Hall–Kier alpha value is -2.10. The molecule has 0 atom stereocenters. The zero-order chi connectivity index (χ0) is 11.5. The molecule has 0 aromatic carbocycles. The summed E-state index contributed by atoms with van der Waals surface area (Å²) in [5.41, 5.74) is 8.58. The zero-order valence-corrected chi connectivity index (χ0v) is 9.27. The Kier molecular flexibility index (Phi) is 2.72. The lowest BCUT2D eigenvalue weighted by Crippen LogP contribution is -1.93. The second kappa shape index (κ2) is 4.18. The van der Waals surface area contributed by atoms with Crippen molar-refractivity contribution in [2.45, 2.75) is 6.92 Å². The molecule has 2 N–H and O–H groups in total. The Morgan fingerprint density at radius 3 is 2.62 bits per heavy atom. The highest BCUT2D eigenvalue weighted by Crippen LogP contribution is 2.28. The van der Waals surface area contributed by atoms with E-state index in [2.05, 4.69) is 9.97 Å². The number of anilines is 1. The molecule has 0 aliphatic carbocycles. The van der Waals surface area contributed by atoms with Crippen LogP contribution in [0.2, 0.25) is 0 Å². The highest BCUT2D eigenvalue weighted by molar-refractivity contribution is 5.68. The van der Waals surface area contributed by atoms with Crippen molar-refractivity contribution in [3.05, 3.63) is 36.3 Å². The third-order valence-electron chi connectivity index (χ3n) is 2.49. The number of methoxy groups -OCH3 is 1. The van der Waals surface area contributed by atoms with Gasteiger partial charge in [-0.05, 0) is 19.1 Å².